The number of nitrogens with zero attached hydrogens (tertiary/aromatic N) is 2. The molecule has 1 saturated carbocycles. The second-order valence-electron chi connectivity index (χ2n) is 6.01. The van der Waals surface area contributed by atoms with E-state index in [2.05, 4.69) is 11.4 Å². The summed E-state index contributed by atoms with van der Waals surface area (Å²) in [6, 6.07) is 2.14. The van der Waals surface area contributed by atoms with E-state index in [4.69, 9.17) is 5.26 Å². The molecular formula is C13H19N3O2. The average molecular weight is 249 g/mol. The van der Waals surface area contributed by atoms with Crippen LogP contribution in [0.4, 0.5) is 0 Å². The maximum atomic E-state index is 12.1. The van der Waals surface area contributed by atoms with E-state index in [-0.39, 0.29) is 35.6 Å². The Hall–Kier alpha value is -1.41. The number of likely N-dealkylation sites (tertiary alicyclic amines) is 1. The van der Waals surface area contributed by atoms with E-state index in [1.807, 2.05) is 20.8 Å². The van der Waals surface area contributed by atoms with Crippen molar-refractivity contribution in [2.45, 2.75) is 33.2 Å². The van der Waals surface area contributed by atoms with Gasteiger partial charge >= 0.3 is 0 Å². The van der Waals surface area contributed by atoms with Gasteiger partial charge in [0, 0.05) is 0 Å². The lowest BCUT2D eigenvalue weighted by Crippen LogP contribution is -2.53. The topological polar surface area (TPSA) is 73.2 Å². The van der Waals surface area contributed by atoms with E-state index < -0.39 is 5.54 Å². The summed E-state index contributed by atoms with van der Waals surface area (Å²) >= 11 is 0. The van der Waals surface area contributed by atoms with E-state index in [9.17, 15) is 9.59 Å². The van der Waals surface area contributed by atoms with Crippen LogP contribution < -0.4 is 5.32 Å². The number of imide groups is 1. The Morgan fingerprint density at radius 3 is 2.28 bits per heavy atom. The maximum absolute atomic E-state index is 12.1. The standard InChI is InChI=1S/C13H19N3O2/c1-5-15-13(4,6-14)7-16-10(17)8-9(11(16)18)12(8,2)3/h8-9,15H,5,7H2,1-4H3. The number of piperidine rings is 1. The summed E-state index contributed by atoms with van der Waals surface area (Å²) in [4.78, 5) is 25.5. The van der Waals surface area contributed by atoms with Crippen LogP contribution in [0, 0.1) is 28.6 Å². The number of nitrogens with one attached hydrogen (secondary N) is 1. The molecule has 0 bridgehead atoms. The number of carbonyl (C=O) groups excluding carboxylic acids is 2. The molecule has 0 radical (unpaired) electrons. The van der Waals surface area contributed by atoms with Crippen molar-refractivity contribution < 1.29 is 9.59 Å². The number of nitriles is 1. The van der Waals surface area contributed by atoms with Gasteiger partial charge in [0.05, 0.1) is 24.4 Å². The first-order chi connectivity index (χ1) is 8.28. The quantitative estimate of drug-likeness (QED) is 0.737. The Bertz CT molecular complexity index is 428. The van der Waals surface area contributed by atoms with Crippen molar-refractivity contribution in [1.29, 1.82) is 5.26 Å². The first-order valence-electron chi connectivity index (χ1n) is 6.30. The molecule has 0 aromatic carbocycles. The highest BCUT2D eigenvalue weighted by molar-refractivity contribution is 6.10. The molecule has 98 valence electrons. The van der Waals surface area contributed by atoms with Gasteiger partial charge in [0.2, 0.25) is 11.8 Å². The van der Waals surface area contributed by atoms with Crippen molar-refractivity contribution in [3.05, 3.63) is 0 Å². The molecule has 1 aliphatic heterocycles. The smallest absolute Gasteiger partial charge is 0.233 e. The Balaban J connectivity index is 2.12. The Kier molecular flexibility index (Phi) is 2.74. The van der Waals surface area contributed by atoms with Crippen LogP contribution in [-0.4, -0.2) is 35.3 Å². The molecule has 1 saturated heterocycles. The molecule has 1 heterocycles. The van der Waals surface area contributed by atoms with Gasteiger partial charge in [0.25, 0.3) is 0 Å². The van der Waals surface area contributed by atoms with E-state index in [0.29, 0.717) is 6.54 Å². The van der Waals surface area contributed by atoms with Crippen LogP contribution in [0.5, 0.6) is 0 Å². The SMILES string of the molecule is CCNC(C)(C#N)CN1C(=O)C2C(C1=O)C2(C)C. The Labute approximate surface area is 107 Å². The summed E-state index contributed by atoms with van der Waals surface area (Å²) in [6.45, 7) is 8.26. The highest BCUT2D eigenvalue weighted by atomic mass is 16.2. The van der Waals surface area contributed by atoms with E-state index >= 15 is 0 Å². The summed E-state index contributed by atoms with van der Waals surface area (Å²) in [7, 11) is 0. The van der Waals surface area contributed by atoms with Crippen molar-refractivity contribution in [3.8, 4) is 6.07 Å². The lowest BCUT2D eigenvalue weighted by Gasteiger charge is -2.29. The molecule has 2 fully saturated rings. The molecule has 3 atom stereocenters. The summed E-state index contributed by atoms with van der Waals surface area (Å²) in [5.74, 6) is -0.576. The minimum absolute atomic E-state index is 0.116. The van der Waals surface area contributed by atoms with Gasteiger partial charge in [-0.25, -0.2) is 0 Å². The molecule has 0 aromatic rings. The zero-order chi connectivity index (χ0) is 13.7. The van der Waals surface area contributed by atoms with Gasteiger partial charge in [-0.3, -0.25) is 19.8 Å². The molecular weight excluding hydrogens is 230 g/mol. The third-order valence-electron chi connectivity index (χ3n) is 4.18. The predicted octanol–water partition coefficient (Wildman–Crippen LogP) is 0.519. The monoisotopic (exact) mass is 249 g/mol. The van der Waals surface area contributed by atoms with Gasteiger partial charge in [-0.15, -0.1) is 0 Å². The zero-order valence-electron chi connectivity index (χ0n) is 11.3. The van der Waals surface area contributed by atoms with Crippen LogP contribution in [0.3, 0.4) is 0 Å². The van der Waals surface area contributed by atoms with Crippen molar-refractivity contribution in [2.24, 2.45) is 17.3 Å². The van der Waals surface area contributed by atoms with Gasteiger partial charge < -0.3 is 0 Å². The number of rotatable bonds is 4. The third kappa shape index (κ3) is 1.64. The van der Waals surface area contributed by atoms with E-state index in [1.165, 1.54) is 4.90 Å². The Morgan fingerprint density at radius 1 is 1.39 bits per heavy atom. The first-order valence-corrected chi connectivity index (χ1v) is 6.30. The molecule has 1 aliphatic carbocycles. The molecule has 5 nitrogen and oxygen atoms in total. The van der Waals surface area contributed by atoms with Crippen LogP contribution in [-0.2, 0) is 9.59 Å². The molecule has 3 unspecified atom stereocenters. The van der Waals surface area contributed by atoms with Crippen LogP contribution >= 0.6 is 0 Å². The molecule has 18 heavy (non-hydrogen) atoms. The first kappa shape index (κ1) is 13.0. The number of hydrogen-bond acceptors (Lipinski definition) is 4. The number of carbonyl (C=O) groups is 2. The van der Waals surface area contributed by atoms with Crippen molar-refractivity contribution in [1.82, 2.24) is 10.2 Å². The van der Waals surface area contributed by atoms with E-state index in [0.717, 1.165) is 0 Å². The van der Waals surface area contributed by atoms with Crippen LogP contribution in [0.2, 0.25) is 0 Å². The van der Waals surface area contributed by atoms with Crippen molar-refractivity contribution >= 4 is 11.8 Å². The summed E-state index contributed by atoms with van der Waals surface area (Å²) in [5.41, 5.74) is -1.05. The highest BCUT2D eigenvalue weighted by Gasteiger charge is 2.72. The fourth-order valence-electron chi connectivity index (χ4n) is 3.00. The molecule has 1 N–H and O–H groups in total. The fraction of sp³-hybridized carbons (Fsp3) is 0.769. The lowest BCUT2D eigenvalue weighted by molar-refractivity contribution is -0.143. The third-order valence-corrected chi connectivity index (χ3v) is 4.18. The van der Waals surface area contributed by atoms with E-state index in [1.54, 1.807) is 6.92 Å². The number of amides is 2. The predicted molar refractivity (Wildman–Crippen MR) is 65.2 cm³/mol. The molecule has 2 amide bonds. The summed E-state index contributed by atoms with van der Waals surface area (Å²) in [5, 5.41) is 12.2. The van der Waals surface area contributed by atoms with Gasteiger partial charge in [0.15, 0.2) is 0 Å². The molecule has 5 heteroatoms. The maximum Gasteiger partial charge on any atom is 0.233 e. The zero-order valence-corrected chi connectivity index (χ0v) is 11.3. The van der Waals surface area contributed by atoms with Gasteiger partial charge in [-0.2, -0.15) is 5.26 Å². The number of likely N-dealkylation sites (N-methyl/N-ethyl adjacent to an activating group) is 1. The Morgan fingerprint density at radius 2 is 1.89 bits per heavy atom. The van der Waals surface area contributed by atoms with Gasteiger partial charge in [-0.1, -0.05) is 20.8 Å². The molecule has 0 aromatic heterocycles. The lowest BCUT2D eigenvalue weighted by atomic mass is 10.0. The van der Waals surface area contributed by atoms with Crippen LogP contribution in [0.1, 0.15) is 27.7 Å². The molecule has 0 spiro atoms. The fourth-order valence-corrected chi connectivity index (χ4v) is 3.00. The summed E-state index contributed by atoms with van der Waals surface area (Å²) in [6.07, 6.45) is 0. The molecule has 2 rings (SSSR count). The molecule has 2 aliphatic rings. The average Bonchev–Trinajstić information content (AvgIpc) is 2.77. The van der Waals surface area contributed by atoms with Crippen molar-refractivity contribution in [2.75, 3.05) is 13.1 Å². The van der Waals surface area contributed by atoms with Crippen LogP contribution in [0.15, 0.2) is 0 Å². The highest BCUT2D eigenvalue weighted by Crippen LogP contribution is 2.63. The van der Waals surface area contributed by atoms with Gasteiger partial charge in [-0.05, 0) is 18.9 Å². The minimum Gasteiger partial charge on any atom is -0.298 e. The number of hydrogen-bond donors (Lipinski definition) is 1. The van der Waals surface area contributed by atoms with Crippen molar-refractivity contribution in [3.63, 3.8) is 0 Å². The number of fused-ring (bicyclic) bond motifs is 1. The minimum atomic E-state index is -0.860. The van der Waals surface area contributed by atoms with Crippen LogP contribution in [0.25, 0.3) is 0 Å². The second-order valence-corrected chi connectivity index (χ2v) is 6.01. The summed E-state index contributed by atoms with van der Waals surface area (Å²) < 4.78 is 0. The normalized spacial score (nSPS) is 31.8. The van der Waals surface area contributed by atoms with Gasteiger partial charge in [0.1, 0.15) is 5.54 Å². The largest absolute Gasteiger partial charge is 0.298 e. The second kappa shape index (κ2) is 3.79.